The Bertz CT molecular complexity index is 1660. The molecule has 4 aromatic rings. The van der Waals surface area contributed by atoms with Crippen LogP contribution >= 0.6 is 0 Å². The third-order valence-corrected chi connectivity index (χ3v) is 5.67. The van der Waals surface area contributed by atoms with E-state index >= 15 is 0 Å². The molecule has 0 unspecified atom stereocenters. The molecule has 1 aromatic carbocycles. The summed E-state index contributed by atoms with van der Waals surface area (Å²) < 4.78 is 0. The van der Waals surface area contributed by atoms with E-state index in [1.54, 1.807) is 0 Å². The molecule has 0 saturated heterocycles. The highest BCUT2D eigenvalue weighted by Gasteiger charge is 2.31. The number of carboxylic acids is 1. The lowest BCUT2D eigenvalue weighted by Gasteiger charge is -1.97. The van der Waals surface area contributed by atoms with Gasteiger partial charge in [-0.2, -0.15) is 0 Å². The number of carbonyl (C=O) groups is 1. The monoisotopic (exact) mass is 522 g/mol. The molecule has 0 spiro atoms. The number of aromatic nitrogens is 4. The van der Waals surface area contributed by atoms with Crippen LogP contribution < -0.4 is 0 Å². The van der Waals surface area contributed by atoms with Gasteiger partial charge in [-0.3, -0.25) is 20.2 Å². The summed E-state index contributed by atoms with van der Waals surface area (Å²) in [5.41, 5.74) is 5.32. The van der Waals surface area contributed by atoms with Crippen molar-refractivity contribution in [2.45, 2.75) is 0 Å². The first kappa shape index (κ1) is 24.8. The number of H-pyrrole nitrogens is 2. The van der Waals surface area contributed by atoms with Crippen LogP contribution in [0.25, 0.3) is 46.4 Å². The highest BCUT2D eigenvalue weighted by atomic mass is 16.6. The van der Waals surface area contributed by atoms with Crippen LogP contribution in [-0.4, -0.2) is 40.9 Å². The summed E-state index contributed by atoms with van der Waals surface area (Å²) in [5.74, 6) is -1.58. The summed E-state index contributed by atoms with van der Waals surface area (Å²) in [6.45, 7) is 0. The van der Waals surface area contributed by atoms with Crippen molar-refractivity contribution in [3.05, 3.63) is 115 Å². The van der Waals surface area contributed by atoms with E-state index in [1.807, 2.05) is 48.6 Å². The van der Waals surface area contributed by atoms with Gasteiger partial charge in [-0.1, -0.05) is 6.07 Å². The average molecular weight is 522 g/mol. The predicted molar refractivity (Wildman–Crippen MR) is 146 cm³/mol. The van der Waals surface area contributed by atoms with Crippen molar-refractivity contribution in [3.63, 3.8) is 0 Å². The lowest BCUT2D eigenvalue weighted by atomic mass is 10.1. The number of aromatic amines is 2. The highest BCUT2D eigenvalue weighted by Crippen LogP contribution is 2.30. The molecule has 12 heteroatoms. The van der Waals surface area contributed by atoms with E-state index in [-0.39, 0.29) is 0 Å². The van der Waals surface area contributed by atoms with Crippen molar-refractivity contribution in [1.82, 2.24) is 19.9 Å². The van der Waals surface area contributed by atoms with E-state index < -0.39 is 32.8 Å². The molecule has 3 aromatic heterocycles. The molecule has 5 heterocycles. The van der Waals surface area contributed by atoms with Crippen molar-refractivity contribution in [2.24, 2.45) is 0 Å². The number of para-hydroxylation sites is 1. The topological polar surface area (TPSA) is 181 Å². The first-order chi connectivity index (χ1) is 18.7. The van der Waals surface area contributed by atoms with E-state index in [4.69, 9.17) is 5.11 Å². The van der Waals surface area contributed by atoms with E-state index in [0.717, 1.165) is 63.0 Å². The molecule has 0 atom stereocenters. The SMILES string of the molecule is C1=Cc2cc3ccc(cc4nc(cc5ccc(cc1n2)[nH]5)C=C4)[nH]3.O=C(O)c1cccc([N+](=O)[O-])c1[N+](=O)[O-]. The van der Waals surface area contributed by atoms with Crippen LogP contribution in [0.3, 0.4) is 0 Å². The Hall–Kier alpha value is -5.91. The number of hydrogen-bond donors (Lipinski definition) is 3. The molecule has 192 valence electrons. The molecule has 12 nitrogen and oxygen atoms in total. The average Bonchev–Trinajstić information content (AvgIpc) is 3.70. The van der Waals surface area contributed by atoms with Crippen molar-refractivity contribution < 1.29 is 19.7 Å². The normalized spacial score (nSPS) is 11.5. The van der Waals surface area contributed by atoms with Crippen LogP contribution in [0.15, 0.2) is 66.7 Å². The van der Waals surface area contributed by atoms with Gasteiger partial charge in [0.2, 0.25) is 0 Å². The fourth-order valence-corrected chi connectivity index (χ4v) is 3.99. The third-order valence-electron chi connectivity index (χ3n) is 5.67. The Morgan fingerprint density at radius 1 is 0.667 bits per heavy atom. The molecule has 2 aliphatic heterocycles. The summed E-state index contributed by atoms with van der Waals surface area (Å²) in [7, 11) is 0. The second-order valence-electron chi connectivity index (χ2n) is 8.40. The minimum atomic E-state index is -1.58. The molecular formula is C27H18N6O6. The first-order valence-corrected chi connectivity index (χ1v) is 11.4. The molecule has 8 bridgehead atoms. The van der Waals surface area contributed by atoms with Gasteiger partial charge in [0.05, 0.1) is 32.6 Å². The van der Waals surface area contributed by atoms with Crippen LogP contribution in [0.5, 0.6) is 0 Å². The van der Waals surface area contributed by atoms with Gasteiger partial charge in [-0.05, 0) is 78.9 Å². The van der Waals surface area contributed by atoms with Crippen LogP contribution in [0.4, 0.5) is 11.4 Å². The minimum absolute atomic E-state index is 0.700. The van der Waals surface area contributed by atoms with E-state index in [2.05, 4.69) is 44.2 Å². The number of fused-ring (bicyclic) bond motifs is 8. The number of nitro benzene ring substituents is 2. The summed E-state index contributed by atoms with van der Waals surface area (Å²) in [6.07, 6.45) is 8.09. The number of nitro groups is 2. The first-order valence-electron chi connectivity index (χ1n) is 11.4. The summed E-state index contributed by atoms with van der Waals surface area (Å²) >= 11 is 0. The molecule has 0 amide bonds. The number of rotatable bonds is 3. The molecule has 0 fully saturated rings. The number of carboxylic acid groups (broad SMARTS) is 1. The quantitative estimate of drug-likeness (QED) is 0.191. The van der Waals surface area contributed by atoms with Gasteiger partial charge in [0.15, 0.2) is 0 Å². The minimum Gasteiger partial charge on any atom is -0.477 e. The summed E-state index contributed by atoms with van der Waals surface area (Å²) in [4.78, 5) is 45.4. The van der Waals surface area contributed by atoms with Gasteiger partial charge in [0, 0.05) is 28.1 Å². The Morgan fingerprint density at radius 2 is 1.08 bits per heavy atom. The smallest absolute Gasteiger partial charge is 0.360 e. The molecule has 0 radical (unpaired) electrons. The third kappa shape index (κ3) is 5.59. The van der Waals surface area contributed by atoms with Crippen molar-refractivity contribution in [3.8, 4) is 0 Å². The number of nitrogens with zero attached hydrogens (tertiary/aromatic N) is 4. The standard InChI is InChI=1S/C20H14N4.C7H4N2O6/c1-2-14-10-16-5-6-18(23-16)12-20-8-7-19(24-20)11-17-4-3-15(22-17)9-13(1)21-14;10-7(11)4-2-1-3-5(8(12)13)6(4)9(14)15/h1-12,21,24H;1-3H,(H,10,11). The largest absolute Gasteiger partial charge is 0.477 e. The Kier molecular flexibility index (Phi) is 6.49. The molecule has 2 aliphatic rings. The fraction of sp³-hybridized carbons (Fsp3) is 0. The maximum atomic E-state index is 10.6. The molecule has 0 saturated carbocycles. The van der Waals surface area contributed by atoms with E-state index in [9.17, 15) is 25.0 Å². The van der Waals surface area contributed by atoms with Gasteiger partial charge < -0.3 is 15.1 Å². The maximum Gasteiger partial charge on any atom is 0.360 e. The van der Waals surface area contributed by atoms with E-state index in [1.165, 1.54) is 0 Å². The van der Waals surface area contributed by atoms with Gasteiger partial charge in [-0.15, -0.1) is 0 Å². The Labute approximate surface area is 218 Å². The molecule has 6 rings (SSSR count). The van der Waals surface area contributed by atoms with E-state index in [0.29, 0.717) is 0 Å². The van der Waals surface area contributed by atoms with Gasteiger partial charge in [0.1, 0.15) is 5.56 Å². The van der Waals surface area contributed by atoms with Crippen LogP contribution in [-0.2, 0) is 0 Å². The maximum absolute atomic E-state index is 10.6. The van der Waals surface area contributed by atoms with Crippen molar-refractivity contribution >= 4 is 63.7 Å². The second kappa shape index (κ2) is 10.2. The van der Waals surface area contributed by atoms with Crippen LogP contribution in [0.2, 0.25) is 0 Å². The number of benzene rings is 1. The molecule has 39 heavy (non-hydrogen) atoms. The number of hydrogen-bond acceptors (Lipinski definition) is 7. The summed E-state index contributed by atoms with van der Waals surface area (Å²) in [5, 5.41) is 29.5. The number of aromatic carboxylic acids is 1. The van der Waals surface area contributed by atoms with Gasteiger partial charge in [0.25, 0.3) is 0 Å². The lowest BCUT2D eigenvalue weighted by molar-refractivity contribution is -0.422. The van der Waals surface area contributed by atoms with Crippen LogP contribution in [0.1, 0.15) is 33.1 Å². The van der Waals surface area contributed by atoms with Gasteiger partial charge in [-0.25, -0.2) is 14.8 Å². The Balaban J connectivity index is 0.000000179. The zero-order valence-electron chi connectivity index (χ0n) is 19.9. The van der Waals surface area contributed by atoms with Crippen LogP contribution in [0, 0.1) is 20.2 Å². The number of nitrogens with one attached hydrogen (secondary N) is 2. The Morgan fingerprint density at radius 3 is 1.41 bits per heavy atom. The summed E-state index contributed by atoms with van der Waals surface area (Å²) in [6, 6.07) is 19.3. The zero-order chi connectivity index (χ0) is 27.5. The lowest BCUT2D eigenvalue weighted by Crippen LogP contribution is -2.05. The molecular weight excluding hydrogens is 504 g/mol. The molecule has 0 aliphatic carbocycles. The zero-order valence-corrected chi connectivity index (χ0v) is 19.9. The van der Waals surface area contributed by atoms with Crippen molar-refractivity contribution in [2.75, 3.05) is 0 Å². The highest BCUT2D eigenvalue weighted by molar-refractivity contribution is 5.94. The fourth-order valence-electron chi connectivity index (χ4n) is 3.99. The predicted octanol–water partition coefficient (Wildman–Crippen LogP) is 5.86. The second-order valence-corrected chi connectivity index (χ2v) is 8.40. The van der Waals surface area contributed by atoms with Crippen molar-refractivity contribution in [1.29, 1.82) is 0 Å². The van der Waals surface area contributed by atoms with Gasteiger partial charge >= 0.3 is 17.3 Å². The molecule has 3 N–H and O–H groups in total.